The Morgan fingerprint density at radius 1 is 1.44 bits per heavy atom. The molecule has 0 radical (unpaired) electrons. The fourth-order valence-electron chi connectivity index (χ4n) is 1.97. The molecule has 0 spiro atoms. The van der Waals surface area contributed by atoms with E-state index in [0.717, 1.165) is 23.0 Å². The molecule has 1 aromatic heterocycles. The molecule has 2 rings (SSSR count). The summed E-state index contributed by atoms with van der Waals surface area (Å²) in [5.41, 5.74) is 2.17. The van der Waals surface area contributed by atoms with Crippen molar-refractivity contribution in [2.24, 2.45) is 0 Å². The number of halogens is 1. The van der Waals surface area contributed by atoms with Gasteiger partial charge in [0, 0.05) is 24.9 Å². The van der Waals surface area contributed by atoms with Crippen molar-refractivity contribution in [3.05, 3.63) is 47.0 Å². The minimum absolute atomic E-state index is 0.296. The van der Waals surface area contributed by atoms with Gasteiger partial charge in [-0.15, -0.1) is 0 Å². The molecule has 96 valence electrons. The molecule has 3 nitrogen and oxygen atoms in total. The van der Waals surface area contributed by atoms with Crippen molar-refractivity contribution in [1.29, 1.82) is 0 Å². The summed E-state index contributed by atoms with van der Waals surface area (Å²) in [5, 5.41) is 3.96. The highest BCUT2D eigenvalue weighted by molar-refractivity contribution is 6.32. The van der Waals surface area contributed by atoms with Crippen LogP contribution in [0.15, 0.2) is 30.6 Å². The summed E-state index contributed by atoms with van der Waals surface area (Å²) in [6.07, 6.45) is 4.64. The molecule has 18 heavy (non-hydrogen) atoms. The van der Waals surface area contributed by atoms with Crippen molar-refractivity contribution in [3.63, 3.8) is 0 Å². The van der Waals surface area contributed by atoms with Gasteiger partial charge in [0.1, 0.15) is 5.82 Å². The van der Waals surface area contributed by atoms with Crippen molar-refractivity contribution >= 4 is 11.6 Å². The van der Waals surface area contributed by atoms with E-state index in [4.69, 9.17) is 11.6 Å². The number of hydrogen-bond donors (Lipinski definition) is 1. The first-order valence-corrected chi connectivity index (χ1v) is 6.54. The number of aromatic nitrogens is 2. The van der Waals surface area contributed by atoms with E-state index < -0.39 is 0 Å². The molecule has 1 unspecified atom stereocenters. The summed E-state index contributed by atoms with van der Waals surface area (Å²) in [6, 6.07) is 6.45. The third kappa shape index (κ3) is 2.42. The maximum Gasteiger partial charge on any atom is 0.112 e. The zero-order chi connectivity index (χ0) is 13.1. The van der Waals surface area contributed by atoms with Crippen molar-refractivity contribution in [1.82, 2.24) is 14.9 Å². The number of rotatable bonds is 4. The lowest BCUT2D eigenvalue weighted by Gasteiger charge is -2.14. The molecule has 0 bridgehead atoms. The summed E-state index contributed by atoms with van der Waals surface area (Å²) >= 11 is 6.37. The first-order valence-electron chi connectivity index (χ1n) is 6.16. The second-order valence-electron chi connectivity index (χ2n) is 4.29. The molecular formula is C14H18ClN3. The van der Waals surface area contributed by atoms with Gasteiger partial charge in [0.15, 0.2) is 0 Å². The first-order chi connectivity index (χ1) is 8.67. The van der Waals surface area contributed by atoms with Crippen LogP contribution in [0.3, 0.4) is 0 Å². The molecule has 0 fully saturated rings. The molecule has 0 saturated carbocycles. The van der Waals surface area contributed by atoms with Gasteiger partial charge in [0.2, 0.25) is 0 Å². The van der Waals surface area contributed by atoms with Gasteiger partial charge in [0.25, 0.3) is 0 Å². The summed E-state index contributed by atoms with van der Waals surface area (Å²) in [6.45, 7) is 4.20. The van der Waals surface area contributed by atoms with Crippen LogP contribution in [-0.4, -0.2) is 16.6 Å². The number of aryl methyl sites for hydroxylation is 1. The smallest absolute Gasteiger partial charge is 0.112 e. The van der Waals surface area contributed by atoms with Crippen LogP contribution in [0, 0.1) is 0 Å². The van der Waals surface area contributed by atoms with Gasteiger partial charge in [-0.25, -0.2) is 4.98 Å². The van der Waals surface area contributed by atoms with E-state index >= 15 is 0 Å². The summed E-state index contributed by atoms with van der Waals surface area (Å²) in [5.74, 6) is 1.02. The molecule has 1 aromatic carbocycles. The van der Waals surface area contributed by atoms with Crippen molar-refractivity contribution < 1.29 is 0 Å². The van der Waals surface area contributed by atoms with Gasteiger partial charge >= 0.3 is 0 Å². The molecule has 1 atom stereocenters. The fraction of sp³-hybridized carbons (Fsp3) is 0.357. The Morgan fingerprint density at radius 2 is 2.22 bits per heavy atom. The lowest BCUT2D eigenvalue weighted by molar-refractivity contribution is 0.652. The molecule has 0 aliphatic rings. The second-order valence-corrected chi connectivity index (χ2v) is 4.70. The normalized spacial score (nSPS) is 12.7. The van der Waals surface area contributed by atoms with E-state index in [0.29, 0.717) is 6.04 Å². The second kappa shape index (κ2) is 5.55. The standard InChI is InChI=1S/C14H18ClN3/c1-4-14-17-7-8-18(14)13-6-5-11(9-12(13)15)10(2)16-3/h5-10,16H,4H2,1-3H3. The summed E-state index contributed by atoms with van der Waals surface area (Å²) < 4.78 is 2.04. The Hall–Kier alpha value is -1.32. The van der Waals surface area contributed by atoms with E-state index in [9.17, 15) is 0 Å². The molecule has 0 saturated heterocycles. The maximum absolute atomic E-state index is 6.37. The van der Waals surface area contributed by atoms with Crippen LogP contribution in [0.1, 0.15) is 31.3 Å². The molecular weight excluding hydrogens is 246 g/mol. The Labute approximate surface area is 113 Å². The van der Waals surface area contributed by atoms with Gasteiger partial charge in [-0.2, -0.15) is 0 Å². The Morgan fingerprint density at radius 3 is 2.83 bits per heavy atom. The molecule has 0 aliphatic carbocycles. The minimum Gasteiger partial charge on any atom is -0.313 e. The predicted molar refractivity (Wildman–Crippen MR) is 75.4 cm³/mol. The quantitative estimate of drug-likeness (QED) is 0.917. The highest BCUT2D eigenvalue weighted by atomic mass is 35.5. The average molecular weight is 264 g/mol. The Kier molecular flexibility index (Phi) is 4.04. The summed E-state index contributed by atoms with van der Waals surface area (Å²) in [7, 11) is 1.94. The Balaban J connectivity index is 2.42. The molecule has 0 aliphatic heterocycles. The highest BCUT2D eigenvalue weighted by Crippen LogP contribution is 2.25. The number of nitrogens with one attached hydrogen (secondary N) is 1. The van der Waals surface area contributed by atoms with E-state index in [1.54, 1.807) is 6.20 Å². The molecule has 1 heterocycles. The van der Waals surface area contributed by atoms with Crippen molar-refractivity contribution in [2.45, 2.75) is 26.3 Å². The third-order valence-corrected chi connectivity index (χ3v) is 3.50. The van der Waals surface area contributed by atoms with Crippen LogP contribution >= 0.6 is 11.6 Å². The fourth-order valence-corrected chi connectivity index (χ4v) is 2.25. The van der Waals surface area contributed by atoms with Crippen molar-refractivity contribution in [2.75, 3.05) is 7.05 Å². The largest absolute Gasteiger partial charge is 0.313 e. The monoisotopic (exact) mass is 263 g/mol. The number of imidazole rings is 1. The van der Waals surface area contributed by atoms with Gasteiger partial charge in [-0.1, -0.05) is 24.6 Å². The zero-order valence-corrected chi connectivity index (χ0v) is 11.7. The number of nitrogens with zero attached hydrogens (tertiary/aromatic N) is 2. The van der Waals surface area contributed by atoms with Crippen LogP contribution in [0.4, 0.5) is 0 Å². The predicted octanol–water partition coefficient (Wildman–Crippen LogP) is 3.37. The average Bonchev–Trinajstić information content (AvgIpc) is 2.85. The van der Waals surface area contributed by atoms with Crippen LogP contribution in [0.2, 0.25) is 5.02 Å². The van der Waals surface area contributed by atoms with Gasteiger partial charge < -0.3 is 9.88 Å². The van der Waals surface area contributed by atoms with Crippen LogP contribution < -0.4 is 5.32 Å². The van der Waals surface area contributed by atoms with E-state index in [-0.39, 0.29) is 0 Å². The topological polar surface area (TPSA) is 29.9 Å². The van der Waals surface area contributed by atoms with Gasteiger partial charge in [-0.05, 0) is 31.7 Å². The van der Waals surface area contributed by atoms with E-state index in [1.165, 1.54) is 5.56 Å². The van der Waals surface area contributed by atoms with Crippen LogP contribution in [-0.2, 0) is 6.42 Å². The van der Waals surface area contributed by atoms with Crippen LogP contribution in [0.5, 0.6) is 0 Å². The maximum atomic E-state index is 6.37. The highest BCUT2D eigenvalue weighted by Gasteiger charge is 2.10. The SMILES string of the molecule is CCc1nccn1-c1ccc(C(C)NC)cc1Cl. The lowest BCUT2D eigenvalue weighted by Crippen LogP contribution is -2.12. The number of hydrogen-bond acceptors (Lipinski definition) is 2. The van der Waals surface area contributed by atoms with Crippen LogP contribution in [0.25, 0.3) is 5.69 Å². The molecule has 1 N–H and O–H groups in total. The Bertz CT molecular complexity index is 534. The molecule has 4 heteroatoms. The lowest BCUT2D eigenvalue weighted by atomic mass is 10.1. The van der Waals surface area contributed by atoms with Crippen molar-refractivity contribution in [3.8, 4) is 5.69 Å². The van der Waals surface area contributed by atoms with Gasteiger partial charge in [0.05, 0.1) is 10.7 Å². The third-order valence-electron chi connectivity index (χ3n) is 3.20. The minimum atomic E-state index is 0.296. The molecule has 2 aromatic rings. The number of benzene rings is 1. The molecule has 0 amide bonds. The first kappa shape index (κ1) is 13.1. The zero-order valence-electron chi connectivity index (χ0n) is 10.9. The van der Waals surface area contributed by atoms with Gasteiger partial charge in [-0.3, -0.25) is 0 Å². The summed E-state index contributed by atoms with van der Waals surface area (Å²) in [4.78, 5) is 4.32. The van der Waals surface area contributed by atoms with E-state index in [2.05, 4.69) is 30.2 Å². The van der Waals surface area contributed by atoms with E-state index in [1.807, 2.05) is 29.9 Å².